The molecule has 0 spiro atoms. The Labute approximate surface area is 126 Å². The van der Waals surface area contributed by atoms with Gasteiger partial charge in [0, 0.05) is 0 Å². The Morgan fingerprint density at radius 3 is 2.52 bits per heavy atom. The molecule has 21 heavy (non-hydrogen) atoms. The maximum atomic E-state index is 11.8. The van der Waals surface area contributed by atoms with Crippen LogP contribution in [0.1, 0.15) is 32.8 Å². The van der Waals surface area contributed by atoms with Crippen molar-refractivity contribution in [2.24, 2.45) is 5.73 Å². The Morgan fingerprint density at radius 2 is 1.95 bits per heavy atom. The van der Waals surface area contributed by atoms with Gasteiger partial charge < -0.3 is 19.9 Å². The molecule has 2 N–H and O–H groups in total. The molecule has 1 aromatic rings. The van der Waals surface area contributed by atoms with Crippen LogP contribution in [0.5, 0.6) is 11.5 Å². The third-order valence-corrected chi connectivity index (χ3v) is 2.93. The zero-order valence-electron chi connectivity index (χ0n) is 13.1. The third-order valence-electron chi connectivity index (χ3n) is 2.93. The summed E-state index contributed by atoms with van der Waals surface area (Å²) < 4.78 is 16.4. The van der Waals surface area contributed by atoms with E-state index in [9.17, 15) is 4.79 Å². The van der Waals surface area contributed by atoms with E-state index >= 15 is 0 Å². The van der Waals surface area contributed by atoms with Gasteiger partial charge in [0.2, 0.25) is 0 Å². The molecule has 5 nitrogen and oxygen atoms in total. The molecular formula is C16H25NO4. The predicted molar refractivity (Wildman–Crippen MR) is 81.7 cm³/mol. The minimum Gasteiger partial charge on any atom is -0.490 e. The summed E-state index contributed by atoms with van der Waals surface area (Å²) in [5, 5.41) is 0. The van der Waals surface area contributed by atoms with E-state index < -0.39 is 6.10 Å². The van der Waals surface area contributed by atoms with Crippen molar-refractivity contribution in [2.45, 2.75) is 39.7 Å². The third kappa shape index (κ3) is 5.27. The molecule has 0 aliphatic heterocycles. The summed E-state index contributed by atoms with van der Waals surface area (Å²) in [7, 11) is 0. The summed E-state index contributed by atoms with van der Waals surface area (Å²) >= 11 is 0. The van der Waals surface area contributed by atoms with E-state index in [1.54, 1.807) is 6.92 Å². The van der Waals surface area contributed by atoms with E-state index in [-0.39, 0.29) is 5.97 Å². The highest BCUT2D eigenvalue weighted by Gasteiger charge is 2.21. The molecule has 118 valence electrons. The molecule has 0 saturated carbocycles. The highest BCUT2D eigenvalue weighted by Crippen LogP contribution is 2.30. The van der Waals surface area contributed by atoms with Gasteiger partial charge in [0.1, 0.15) is 0 Å². The van der Waals surface area contributed by atoms with Crippen molar-refractivity contribution in [2.75, 3.05) is 19.8 Å². The number of esters is 1. The minimum absolute atomic E-state index is 0.340. The molecule has 1 unspecified atom stereocenters. The van der Waals surface area contributed by atoms with Gasteiger partial charge in [0.25, 0.3) is 0 Å². The average Bonchev–Trinajstić information content (AvgIpc) is 2.47. The molecule has 0 amide bonds. The van der Waals surface area contributed by atoms with Gasteiger partial charge in [-0.1, -0.05) is 13.0 Å². The van der Waals surface area contributed by atoms with Crippen LogP contribution >= 0.6 is 0 Å². The fourth-order valence-electron chi connectivity index (χ4n) is 1.93. The van der Waals surface area contributed by atoms with Gasteiger partial charge in [-0.15, -0.1) is 0 Å². The van der Waals surface area contributed by atoms with Crippen molar-refractivity contribution in [3.8, 4) is 11.5 Å². The van der Waals surface area contributed by atoms with Gasteiger partial charge in [-0.05, 0) is 50.9 Å². The van der Waals surface area contributed by atoms with Crippen LogP contribution in [0.25, 0.3) is 0 Å². The first kappa shape index (κ1) is 17.3. The summed E-state index contributed by atoms with van der Waals surface area (Å²) in [4.78, 5) is 11.8. The molecule has 0 heterocycles. The number of hydrogen-bond acceptors (Lipinski definition) is 5. The van der Waals surface area contributed by atoms with Crippen LogP contribution in [0, 0.1) is 0 Å². The lowest BCUT2D eigenvalue weighted by atomic mass is 10.1. The van der Waals surface area contributed by atoms with Gasteiger partial charge in [-0.2, -0.15) is 0 Å². The Hall–Kier alpha value is -1.75. The van der Waals surface area contributed by atoms with Crippen LogP contribution in [-0.2, 0) is 16.0 Å². The molecule has 5 heteroatoms. The number of carbonyl (C=O) groups excluding carboxylic acids is 1. The Bertz CT molecular complexity index is 448. The van der Waals surface area contributed by atoms with Crippen LogP contribution in [0.3, 0.4) is 0 Å². The van der Waals surface area contributed by atoms with E-state index in [2.05, 4.69) is 0 Å². The molecule has 0 aromatic heterocycles. The fraction of sp³-hybridized carbons (Fsp3) is 0.562. The van der Waals surface area contributed by atoms with Crippen LogP contribution in [0.4, 0.5) is 0 Å². The Kier molecular flexibility index (Phi) is 7.61. The maximum Gasteiger partial charge on any atom is 0.347 e. The first-order chi connectivity index (χ1) is 10.2. The molecule has 1 rings (SSSR count). The maximum absolute atomic E-state index is 11.8. The van der Waals surface area contributed by atoms with Gasteiger partial charge in [0.05, 0.1) is 13.2 Å². The molecule has 0 bridgehead atoms. The second-order valence-corrected chi connectivity index (χ2v) is 4.52. The van der Waals surface area contributed by atoms with E-state index in [0.29, 0.717) is 37.7 Å². The van der Waals surface area contributed by atoms with Gasteiger partial charge in [-0.25, -0.2) is 4.79 Å². The molecule has 0 aliphatic carbocycles. The number of carbonyl (C=O) groups is 1. The number of nitrogens with two attached hydrogens (primary N) is 1. The van der Waals surface area contributed by atoms with Crippen LogP contribution in [0.2, 0.25) is 0 Å². The van der Waals surface area contributed by atoms with Gasteiger partial charge in [0.15, 0.2) is 17.6 Å². The molecule has 0 aliphatic rings. The van der Waals surface area contributed by atoms with Crippen molar-refractivity contribution < 1.29 is 19.0 Å². The highest BCUT2D eigenvalue weighted by molar-refractivity contribution is 5.75. The number of ether oxygens (including phenoxy) is 3. The lowest BCUT2D eigenvalue weighted by Crippen LogP contribution is -2.28. The van der Waals surface area contributed by atoms with E-state index in [1.807, 2.05) is 32.0 Å². The van der Waals surface area contributed by atoms with Crippen LogP contribution < -0.4 is 15.2 Å². The standard InChI is InChI=1S/C16H25NO4/c1-4-13(16(18)20-6-3)21-14-8-7-12(9-10-17)11-15(14)19-5-2/h7-8,11,13H,4-6,9-10,17H2,1-3H3. The van der Waals surface area contributed by atoms with Crippen molar-refractivity contribution in [1.82, 2.24) is 0 Å². The Morgan fingerprint density at radius 1 is 1.19 bits per heavy atom. The van der Waals surface area contributed by atoms with Crippen molar-refractivity contribution >= 4 is 5.97 Å². The topological polar surface area (TPSA) is 70.8 Å². The predicted octanol–water partition coefficient (Wildman–Crippen LogP) is 2.31. The monoisotopic (exact) mass is 295 g/mol. The van der Waals surface area contributed by atoms with Gasteiger partial charge in [-0.3, -0.25) is 0 Å². The minimum atomic E-state index is -0.621. The summed E-state index contributed by atoms with van der Waals surface area (Å²) in [6, 6.07) is 5.66. The summed E-state index contributed by atoms with van der Waals surface area (Å²) in [6.07, 6.45) is 0.689. The summed E-state index contributed by atoms with van der Waals surface area (Å²) in [6.45, 7) is 7.00. The molecule has 1 aromatic carbocycles. The number of benzene rings is 1. The van der Waals surface area contributed by atoms with E-state index in [1.165, 1.54) is 0 Å². The number of rotatable bonds is 9. The van der Waals surface area contributed by atoms with E-state index in [0.717, 1.165) is 12.0 Å². The van der Waals surface area contributed by atoms with Crippen molar-refractivity contribution in [3.05, 3.63) is 23.8 Å². The SMILES string of the molecule is CCOC(=O)C(CC)Oc1ccc(CCN)cc1OCC. The smallest absolute Gasteiger partial charge is 0.347 e. The second kappa shape index (κ2) is 9.23. The Balaban J connectivity index is 2.91. The lowest BCUT2D eigenvalue weighted by Gasteiger charge is -2.19. The zero-order chi connectivity index (χ0) is 15.7. The zero-order valence-corrected chi connectivity index (χ0v) is 13.1. The van der Waals surface area contributed by atoms with Gasteiger partial charge >= 0.3 is 5.97 Å². The second-order valence-electron chi connectivity index (χ2n) is 4.52. The largest absolute Gasteiger partial charge is 0.490 e. The molecule has 0 fully saturated rings. The van der Waals surface area contributed by atoms with E-state index in [4.69, 9.17) is 19.9 Å². The number of hydrogen-bond donors (Lipinski definition) is 1. The van der Waals surface area contributed by atoms with Crippen molar-refractivity contribution in [3.63, 3.8) is 0 Å². The quantitative estimate of drug-likeness (QED) is 0.708. The normalized spacial score (nSPS) is 11.8. The van der Waals surface area contributed by atoms with Crippen molar-refractivity contribution in [1.29, 1.82) is 0 Å². The molecule has 0 saturated heterocycles. The lowest BCUT2D eigenvalue weighted by molar-refractivity contribution is -0.151. The fourth-order valence-corrected chi connectivity index (χ4v) is 1.93. The summed E-state index contributed by atoms with van der Waals surface area (Å²) in [5.74, 6) is 0.831. The first-order valence-electron chi connectivity index (χ1n) is 7.45. The molecular weight excluding hydrogens is 270 g/mol. The molecule has 0 radical (unpaired) electrons. The molecule has 1 atom stereocenters. The van der Waals surface area contributed by atoms with Crippen LogP contribution in [-0.4, -0.2) is 31.8 Å². The van der Waals surface area contributed by atoms with Crippen LogP contribution in [0.15, 0.2) is 18.2 Å². The first-order valence-corrected chi connectivity index (χ1v) is 7.45. The summed E-state index contributed by atoms with van der Waals surface area (Å²) in [5.41, 5.74) is 6.65. The average molecular weight is 295 g/mol. The highest BCUT2D eigenvalue weighted by atomic mass is 16.6.